The SMILES string of the molecule is CCCCCc1[c-]c(C)nc2cccn12.[W]. The first-order chi connectivity index (χ1) is 7.31. The van der Waals surface area contributed by atoms with Crippen molar-refractivity contribution in [3.8, 4) is 0 Å². The van der Waals surface area contributed by atoms with Crippen LogP contribution in [0, 0.1) is 13.0 Å². The van der Waals surface area contributed by atoms with Gasteiger partial charge in [-0.1, -0.05) is 33.1 Å². The minimum atomic E-state index is 0. The molecule has 0 saturated carbocycles. The molecule has 2 aromatic heterocycles. The summed E-state index contributed by atoms with van der Waals surface area (Å²) in [4.78, 5) is 4.43. The van der Waals surface area contributed by atoms with E-state index in [1.807, 2.05) is 19.1 Å². The fraction of sp³-hybridized carbons (Fsp3) is 0.462. The fourth-order valence-electron chi connectivity index (χ4n) is 1.89. The number of aromatic nitrogens is 2. The second kappa shape index (κ2) is 6.20. The molecule has 86 valence electrons. The molecule has 16 heavy (non-hydrogen) atoms. The Balaban J connectivity index is 0.00000128. The second-order valence-corrected chi connectivity index (χ2v) is 3.96. The molecule has 0 bridgehead atoms. The zero-order chi connectivity index (χ0) is 10.7. The van der Waals surface area contributed by atoms with Crippen molar-refractivity contribution in [2.45, 2.75) is 39.5 Å². The first-order valence-corrected chi connectivity index (χ1v) is 5.67. The summed E-state index contributed by atoms with van der Waals surface area (Å²) in [5.74, 6) is 0. The second-order valence-electron chi connectivity index (χ2n) is 3.96. The van der Waals surface area contributed by atoms with Crippen LogP contribution in [-0.2, 0) is 27.5 Å². The molecule has 0 radical (unpaired) electrons. The van der Waals surface area contributed by atoms with Gasteiger partial charge in [-0.25, -0.2) is 0 Å². The first-order valence-electron chi connectivity index (χ1n) is 5.67. The molecule has 0 atom stereocenters. The average molecular weight is 385 g/mol. The zero-order valence-electron chi connectivity index (χ0n) is 9.86. The maximum absolute atomic E-state index is 4.43. The van der Waals surface area contributed by atoms with E-state index in [0.717, 1.165) is 17.8 Å². The molecule has 0 aliphatic heterocycles. The number of hydrogen-bond donors (Lipinski definition) is 0. The normalized spacial score (nSPS) is 10.4. The molecular formula is C13H17N2W-. The smallest absolute Gasteiger partial charge is 0.131 e. The molecule has 2 rings (SSSR count). The van der Waals surface area contributed by atoms with E-state index in [9.17, 15) is 0 Å². The monoisotopic (exact) mass is 385 g/mol. The summed E-state index contributed by atoms with van der Waals surface area (Å²) in [7, 11) is 0. The molecule has 3 heteroatoms. The largest absolute Gasteiger partial charge is 0.429 e. The van der Waals surface area contributed by atoms with Crippen molar-refractivity contribution in [3.05, 3.63) is 35.8 Å². The van der Waals surface area contributed by atoms with Crippen LogP contribution in [0.15, 0.2) is 18.3 Å². The van der Waals surface area contributed by atoms with E-state index in [1.54, 1.807) is 0 Å². The molecule has 0 aliphatic carbocycles. The number of hydrogen-bond acceptors (Lipinski definition) is 1. The zero-order valence-corrected chi connectivity index (χ0v) is 12.8. The van der Waals surface area contributed by atoms with Crippen molar-refractivity contribution >= 4 is 5.65 Å². The third-order valence-corrected chi connectivity index (χ3v) is 2.64. The standard InChI is InChI=1S/C13H17N2.W/c1-3-4-5-7-12-10-11(2)14-13-8-6-9-15(12)13;/h6,8-9H,3-5,7H2,1-2H3;/q-1;. The summed E-state index contributed by atoms with van der Waals surface area (Å²) >= 11 is 0. The molecule has 0 aromatic carbocycles. The fourth-order valence-corrected chi connectivity index (χ4v) is 1.89. The maximum Gasteiger partial charge on any atom is 0.131 e. The Kier molecular flexibility index (Phi) is 5.21. The van der Waals surface area contributed by atoms with Crippen LogP contribution in [0.25, 0.3) is 5.65 Å². The number of aryl methyl sites for hydroxylation is 2. The van der Waals surface area contributed by atoms with E-state index in [4.69, 9.17) is 0 Å². The Labute approximate surface area is 111 Å². The average Bonchev–Trinajstić information content (AvgIpc) is 2.65. The Morgan fingerprint density at radius 3 is 2.94 bits per heavy atom. The molecule has 0 fully saturated rings. The Morgan fingerprint density at radius 2 is 2.19 bits per heavy atom. The van der Waals surface area contributed by atoms with Gasteiger partial charge in [0, 0.05) is 27.3 Å². The van der Waals surface area contributed by atoms with Crippen LogP contribution in [0.1, 0.15) is 37.6 Å². The molecular weight excluding hydrogens is 368 g/mol. The predicted octanol–water partition coefficient (Wildman–Crippen LogP) is 3.17. The summed E-state index contributed by atoms with van der Waals surface area (Å²) in [5, 5.41) is 0. The van der Waals surface area contributed by atoms with Crippen LogP contribution in [0.3, 0.4) is 0 Å². The topological polar surface area (TPSA) is 17.3 Å². The van der Waals surface area contributed by atoms with Crippen molar-refractivity contribution in [1.29, 1.82) is 0 Å². The van der Waals surface area contributed by atoms with Crippen molar-refractivity contribution in [2.24, 2.45) is 0 Å². The molecule has 0 spiro atoms. The van der Waals surface area contributed by atoms with Gasteiger partial charge in [0.2, 0.25) is 0 Å². The van der Waals surface area contributed by atoms with Crippen LogP contribution in [0.2, 0.25) is 0 Å². The van der Waals surface area contributed by atoms with Gasteiger partial charge in [-0.3, -0.25) is 4.98 Å². The van der Waals surface area contributed by atoms with Crippen molar-refractivity contribution in [3.63, 3.8) is 0 Å². The number of rotatable bonds is 4. The van der Waals surface area contributed by atoms with Gasteiger partial charge in [-0.15, -0.1) is 5.69 Å². The van der Waals surface area contributed by atoms with Crippen LogP contribution in [-0.4, -0.2) is 9.38 Å². The van der Waals surface area contributed by atoms with Gasteiger partial charge in [0.1, 0.15) is 5.65 Å². The summed E-state index contributed by atoms with van der Waals surface area (Å²) < 4.78 is 2.14. The van der Waals surface area contributed by atoms with Crippen LogP contribution in [0.4, 0.5) is 0 Å². The van der Waals surface area contributed by atoms with E-state index in [1.165, 1.54) is 25.0 Å². The van der Waals surface area contributed by atoms with Gasteiger partial charge < -0.3 is 10.5 Å². The molecule has 0 unspecified atom stereocenters. The van der Waals surface area contributed by atoms with E-state index in [0.29, 0.717) is 0 Å². The summed E-state index contributed by atoms with van der Waals surface area (Å²) in [6.07, 6.45) is 6.96. The van der Waals surface area contributed by atoms with Crippen molar-refractivity contribution in [2.75, 3.05) is 0 Å². The van der Waals surface area contributed by atoms with Crippen molar-refractivity contribution in [1.82, 2.24) is 9.38 Å². The Morgan fingerprint density at radius 1 is 1.38 bits per heavy atom. The summed E-state index contributed by atoms with van der Waals surface area (Å²) in [6, 6.07) is 7.43. The molecule has 0 aliphatic rings. The van der Waals surface area contributed by atoms with E-state index in [-0.39, 0.29) is 21.1 Å². The molecule has 2 heterocycles. The maximum atomic E-state index is 4.43. The minimum Gasteiger partial charge on any atom is -0.429 e. The van der Waals surface area contributed by atoms with Gasteiger partial charge in [-0.2, -0.15) is 5.69 Å². The number of nitrogens with zero attached hydrogens (tertiary/aromatic N) is 2. The van der Waals surface area contributed by atoms with E-state index < -0.39 is 0 Å². The van der Waals surface area contributed by atoms with Crippen LogP contribution in [0.5, 0.6) is 0 Å². The summed E-state index contributed by atoms with van der Waals surface area (Å²) in [6.45, 7) is 4.24. The third-order valence-electron chi connectivity index (χ3n) is 2.64. The minimum absolute atomic E-state index is 0. The molecule has 2 aromatic rings. The molecule has 0 amide bonds. The molecule has 2 nitrogen and oxygen atoms in total. The molecule has 0 saturated heterocycles. The first kappa shape index (κ1) is 13.4. The van der Waals surface area contributed by atoms with Gasteiger partial charge >= 0.3 is 0 Å². The van der Waals surface area contributed by atoms with Gasteiger partial charge in [0.15, 0.2) is 0 Å². The van der Waals surface area contributed by atoms with Crippen LogP contribution < -0.4 is 0 Å². The predicted molar refractivity (Wildman–Crippen MR) is 62.0 cm³/mol. The quantitative estimate of drug-likeness (QED) is 0.584. The van der Waals surface area contributed by atoms with Crippen LogP contribution >= 0.6 is 0 Å². The van der Waals surface area contributed by atoms with E-state index in [2.05, 4.69) is 28.6 Å². The van der Waals surface area contributed by atoms with Gasteiger partial charge in [0.25, 0.3) is 0 Å². The summed E-state index contributed by atoms with van der Waals surface area (Å²) in [5.41, 5.74) is 3.29. The van der Waals surface area contributed by atoms with Gasteiger partial charge in [-0.05, 0) is 18.6 Å². The number of fused-ring (bicyclic) bond motifs is 1. The Bertz CT molecular complexity index is 448. The Hall–Kier alpha value is -0.622. The molecule has 0 N–H and O–H groups in total. The third kappa shape index (κ3) is 2.95. The van der Waals surface area contributed by atoms with Gasteiger partial charge in [0.05, 0.1) is 0 Å². The van der Waals surface area contributed by atoms with Crippen molar-refractivity contribution < 1.29 is 21.1 Å². The van der Waals surface area contributed by atoms with E-state index >= 15 is 0 Å². The number of unbranched alkanes of at least 4 members (excludes halogenated alkanes) is 2.